The van der Waals surface area contributed by atoms with E-state index < -0.39 is 29.5 Å². The predicted octanol–water partition coefficient (Wildman–Crippen LogP) is -1.55. The molecule has 0 bridgehead atoms. The molecule has 76 valence electrons. The molecule has 1 aliphatic rings. The third-order valence-corrected chi connectivity index (χ3v) is 1.91. The van der Waals surface area contributed by atoms with Gasteiger partial charge in [-0.1, -0.05) is 0 Å². The van der Waals surface area contributed by atoms with Crippen LogP contribution in [0.25, 0.3) is 0 Å². The molecule has 3 amide bonds. The Bertz CT molecular complexity index is 295. The Morgan fingerprint density at radius 2 is 1.93 bits per heavy atom. The van der Waals surface area contributed by atoms with Gasteiger partial charge in [0.25, 0.3) is 5.91 Å². The number of rotatable bonds is 1. The van der Waals surface area contributed by atoms with E-state index >= 15 is 0 Å². The van der Waals surface area contributed by atoms with E-state index in [0.29, 0.717) is 0 Å². The van der Waals surface area contributed by atoms with Gasteiger partial charge < -0.3 is 5.32 Å². The summed E-state index contributed by atoms with van der Waals surface area (Å²) in [5, 5.41) is 2.22. The van der Waals surface area contributed by atoms with Gasteiger partial charge in [-0.25, -0.2) is 0 Å². The summed E-state index contributed by atoms with van der Waals surface area (Å²) in [6.07, 6.45) is 0. The average Bonchev–Trinajstić information content (AvgIpc) is 2.07. The standard InChI is InChI=1S/C8H10N2O4/c1-4(11)7-8(14)10(5(2)12)3-6(13)9-7/h7H,3H2,1-2H3,(H,9,13). The highest BCUT2D eigenvalue weighted by Crippen LogP contribution is 2.03. The lowest BCUT2D eigenvalue weighted by atomic mass is 10.1. The molecule has 0 aliphatic carbocycles. The zero-order valence-corrected chi connectivity index (χ0v) is 7.86. The summed E-state index contributed by atoms with van der Waals surface area (Å²) in [5.74, 6) is -2.17. The zero-order valence-electron chi connectivity index (χ0n) is 7.86. The average molecular weight is 198 g/mol. The molecular weight excluding hydrogens is 188 g/mol. The van der Waals surface area contributed by atoms with Gasteiger partial charge in [0.2, 0.25) is 11.8 Å². The van der Waals surface area contributed by atoms with Gasteiger partial charge in [0.1, 0.15) is 6.54 Å². The van der Waals surface area contributed by atoms with E-state index in [1.54, 1.807) is 0 Å². The second-order valence-electron chi connectivity index (χ2n) is 3.05. The van der Waals surface area contributed by atoms with E-state index in [0.717, 1.165) is 4.90 Å². The largest absolute Gasteiger partial charge is 0.337 e. The number of nitrogens with zero attached hydrogens (tertiary/aromatic N) is 1. The van der Waals surface area contributed by atoms with Crippen molar-refractivity contribution in [3.8, 4) is 0 Å². The van der Waals surface area contributed by atoms with Crippen molar-refractivity contribution in [1.29, 1.82) is 0 Å². The maximum atomic E-state index is 11.4. The molecule has 1 rings (SSSR count). The van der Waals surface area contributed by atoms with Crippen LogP contribution in [-0.4, -0.2) is 41.0 Å². The molecule has 1 unspecified atom stereocenters. The van der Waals surface area contributed by atoms with Crippen molar-refractivity contribution in [2.75, 3.05) is 6.54 Å². The fourth-order valence-electron chi connectivity index (χ4n) is 1.19. The Labute approximate surface area is 80.2 Å². The van der Waals surface area contributed by atoms with Gasteiger partial charge >= 0.3 is 0 Å². The first-order chi connectivity index (χ1) is 6.43. The molecule has 1 aliphatic heterocycles. The van der Waals surface area contributed by atoms with Crippen LogP contribution in [0.4, 0.5) is 0 Å². The second kappa shape index (κ2) is 3.57. The van der Waals surface area contributed by atoms with Crippen LogP contribution in [0.5, 0.6) is 0 Å². The number of carbonyl (C=O) groups is 4. The number of piperazine rings is 1. The highest BCUT2D eigenvalue weighted by molar-refractivity contribution is 6.14. The maximum absolute atomic E-state index is 11.4. The third-order valence-electron chi connectivity index (χ3n) is 1.91. The summed E-state index contributed by atoms with van der Waals surface area (Å²) in [4.78, 5) is 45.1. The van der Waals surface area contributed by atoms with Crippen molar-refractivity contribution in [3.05, 3.63) is 0 Å². The van der Waals surface area contributed by atoms with Gasteiger partial charge in [-0.15, -0.1) is 0 Å². The van der Waals surface area contributed by atoms with Crippen molar-refractivity contribution in [1.82, 2.24) is 10.2 Å². The maximum Gasteiger partial charge on any atom is 0.259 e. The van der Waals surface area contributed by atoms with Crippen LogP contribution in [-0.2, 0) is 19.2 Å². The molecule has 14 heavy (non-hydrogen) atoms. The molecule has 1 N–H and O–H groups in total. The topological polar surface area (TPSA) is 83.6 Å². The lowest BCUT2D eigenvalue weighted by Crippen LogP contribution is -2.61. The minimum Gasteiger partial charge on any atom is -0.337 e. The van der Waals surface area contributed by atoms with Crippen molar-refractivity contribution < 1.29 is 19.2 Å². The van der Waals surface area contributed by atoms with E-state index in [4.69, 9.17) is 0 Å². The molecule has 0 aromatic rings. The smallest absolute Gasteiger partial charge is 0.259 e. The normalized spacial score (nSPS) is 21.9. The highest BCUT2D eigenvalue weighted by Gasteiger charge is 2.37. The lowest BCUT2D eigenvalue weighted by Gasteiger charge is -2.28. The number of hydrogen-bond donors (Lipinski definition) is 1. The monoisotopic (exact) mass is 198 g/mol. The van der Waals surface area contributed by atoms with E-state index in [1.807, 2.05) is 0 Å². The van der Waals surface area contributed by atoms with Gasteiger partial charge in [0.15, 0.2) is 11.8 Å². The first-order valence-electron chi connectivity index (χ1n) is 4.05. The fraction of sp³-hybridized carbons (Fsp3) is 0.500. The van der Waals surface area contributed by atoms with Gasteiger partial charge in [0.05, 0.1) is 0 Å². The summed E-state index contributed by atoms with van der Waals surface area (Å²) in [6, 6.07) is -1.21. The third kappa shape index (κ3) is 1.78. The SMILES string of the molecule is CC(=O)C1NC(=O)CN(C(C)=O)C1=O. The van der Waals surface area contributed by atoms with Gasteiger partial charge in [-0.3, -0.25) is 24.1 Å². The summed E-state index contributed by atoms with van der Waals surface area (Å²) >= 11 is 0. The van der Waals surface area contributed by atoms with Gasteiger partial charge in [-0.2, -0.15) is 0 Å². The van der Waals surface area contributed by atoms with Crippen LogP contribution < -0.4 is 5.32 Å². The van der Waals surface area contributed by atoms with Crippen molar-refractivity contribution in [3.63, 3.8) is 0 Å². The fourth-order valence-corrected chi connectivity index (χ4v) is 1.19. The van der Waals surface area contributed by atoms with Crippen molar-refractivity contribution in [2.24, 2.45) is 0 Å². The highest BCUT2D eigenvalue weighted by atomic mass is 16.2. The lowest BCUT2D eigenvalue weighted by molar-refractivity contribution is -0.154. The van der Waals surface area contributed by atoms with Crippen molar-refractivity contribution in [2.45, 2.75) is 19.9 Å². The molecule has 0 radical (unpaired) electrons. The molecule has 1 heterocycles. The van der Waals surface area contributed by atoms with Crippen molar-refractivity contribution >= 4 is 23.5 Å². The van der Waals surface area contributed by atoms with E-state index in [9.17, 15) is 19.2 Å². The van der Waals surface area contributed by atoms with Crippen LogP contribution in [0, 0.1) is 0 Å². The van der Waals surface area contributed by atoms with E-state index in [2.05, 4.69) is 5.32 Å². The Hall–Kier alpha value is -1.72. The first kappa shape index (κ1) is 10.4. The quantitative estimate of drug-likeness (QED) is 0.517. The molecule has 1 saturated heterocycles. The summed E-state index contributed by atoms with van der Waals surface area (Å²) in [6.45, 7) is 2.05. The minimum absolute atomic E-state index is 0.308. The van der Waals surface area contributed by atoms with Crippen LogP contribution in [0.1, 0.15) is 13.8 Å². The minimum atomic E-state index is -1.21. The Balaban J connectivity index is 2.92. The first-order valence-corrected chi connectivity index (χ1v) is 4.05. The molecule has 6 nitrogen and oxygen atoms in total. The molecule has 1 fully saturated rings. The number of carbonyl (C=O) groups excluding carboxylic acids is 4. The molecule has 1 atom stereocenters. The summed E-state index contributed by atoms with van der Waals surface area (Å²) in [7, 11) is 0. The van der Waals surface area contributed by atoms with Crippen LogP contribution in [0.15, 0.2) is 0 Å². The zero-order chi connectivity index (χ0) is 10.9. The summed E-state index contributed by atoms with van der Waals surface area (Å²) < 4.78 is 0. The number of nitrogens with one attached hydrogen (secondary N) is 1. The Morgan fingerprint density at radius 3 is 2.36 bits per heavy atom. The van der Waals surface area contributed by atoms with Gasteiger partial charge in [0, 0.05) is 6.92 Å². The van der Waals surface area contributed by atoms with Crippen LogP contribution in [0.2, 0.25) is 0 Å². The van der Waals surface area contributed by atoms with Gasteiger partial charge in [-0.05, 0) is 6.92 Å². The molecule has 0 saturated carbocycles. The van der Waals surface area contributed by atoms with E-state index in [1.165, 1.54) is 13.8 Å². The Morgan fingerprint density at radius 1 is 1.36 bits per heavy atom. The molecule has 6 heteroatoms. The molecule has 0 aromatic carbocycles. The Kier molecular flexibility index (Phi) is 2.64. The number of hydrogen-bond acceptors (Lipinski definition) is 4. The predicted molar refractivity (Wildman–Crippen MR) is 45.0 cm³/mol. The molecule has 0 aromatic heterocycles. The molecule has 0 spiro atoms. The number of ketones is 1. The summed E-state index contributed by atoms with van der Waals surface area (Å²) in [5.41, 5.74) is 0. The van der Waals surface area contributed by atoms with E-state index in [-0.39, 0.29) is 6.54 Å². The number of imide groups is 1. The number of Topliss-reactive ketones (excluding diaryl/α,β-unsaturated/α-hetero) is 1. The second-order valence-corrected chi connectivity index (χ2v) is 3.05. The molecular formula is C8H10N2O4. The van der Waals surface area contributed by atoms with Crippen LogP contribution in [0.3, 0.4) is 0 Å². The number of amides is 3. The van der Waals surface area contributed by atoms with Crippen LogP contribution >= 0.6 is 0 Å².